The van der Waals surface area contributed by atoms with Crippen LogP contribution in [-0.2, 0) is 4.79 Å². The molecule has 0 aliphatic carbocycles. The van der Waals surface area contributed by atoms with Crippen molar-refractivity contribution in [3.8, 4) is 0 Å². The van der Waals surface area contributed by atoms with Crippen molar-refractivity contribution < 1.29 is 9.90 Å². The number of rotatable bonds is 5. The molecule has 0 fully saturated rings. The monoisotopic (exact) mass is 255 g/mol. The zero-order chi connectivity index (χ0) is 13.7. The average molecular weight is 255 g/mol. The van der Waals surface area contributed by atoms with Gasteiger partial charge in [-0.25, -0.2) is 0 Å². The van der Waals surface area contributed by atoms with Gasteiger partial charge >= 0.3 is 5.97 Å². The zero-order valence-electron chi connectivity index (χ0n) is 10.8. The highest BCUT2D eigenvalue weighted by Gasteiger charge is 2.19. The smallest absolute Gasteiger partial charge is 0.312 e. The predicted octanol–water partition coefficient (Wildman–Crippen LogP) is 3.28. The fourth-order valence-electron chi connectivity index (χ4n) is 1.92. The SMILES string of the molecule is Cc1ccc(C(CNc2ccccc2)C(=O)O)cc1. The quantitative estimate of drug-likeness (QED) is 0.862. The molecule has 0 aliphatic rings. The number of aryl methyl sites for hydroxylation is 1. The van der Waals surface area contributed by atoms with Crippen LogP contribution in [-0.4, -0.2) is 17.6 Å². The number of carboxylic acid groups (broad SMARTS) is 1. The van der Waals surface area contributed by atoms with Crippen molar-refractivity contribution in [2.75, 3.05) is 11.9 Å². The molecule has 2 aromatic rings. The topological polar surface area (TPSA) is 49.3 Å². The molecule has 98 valence electrons. The van der Waals surface area contributed by atoms with Gasteiger partial charge in [0.1, 0.15) is 0 Å². The van der Waals surface area contributed by atoms with Gasteiger partial charge in [-0.05, 0) is 24.6 Å². The number of anilines is 1. The van der Waals surface area contributed by atoms with Gasteiger partial charge in [-0.1, -0.05) is 48.0 Å². The first kappa shape index (κ1) is 13.1. The molecule has 0 aliphatic heterocycles. The van der Waals surface area contributed by atoms with Crippen molar-refractivity contribution >= 4 is 11.7 Å². The molecule has 2 N–H and O–H groups in total. The lowest BCUT2D eigenvalue weighted by Crippen LogP contribution is -2.20. The third-order valence-electron chi connectivity index (χ3n) is 3.06. The Balaban J connectivity index is 2.09. The maximum absolute atomic E-state index is 11.4. The van der Waals surface area contributed by atoms with Gasteiger partial charge in [-0.2, -0.15) is 0 Å². The molecule has 3 heteroatoms. The first-order valence-electron chi connectivity index (χ1n) is 6.25. The molecule has 0 bridgehead atoms. The number of nitrogens with one attached hydrogen (secondary N) is 1. The molecule has 2 rings (SSSR count). The Morgan fingerprint density at radius 2 is 1.74 bits per heavy atom. The third-order valence-corrected chi connectivity index (χ3v) is 3.06. The highest BCUT2D eigenvalue weighted by atomic mass is 16.4. The van der Waals surface area contributed by atoms with Crippen LogP contribution >= 0.6 is 0 Å². The van der Waals surface area contributed by atoms with E-state index in [4.69, 9.17) is 0 Å². The lowest BCUT2D eigenvalue weighted by atomic mass is 9.98. The number of benzene rings is 2. The van der Waals surface area contributed by atoms with Crippen molar-refractivity contribution in [2.24, 2.45) is 0 Å². The van der Waals surface area contributed by atoms with Crippen molar-refractivity contribution in [1.82, 2.24) is 0 Å². The van der Waals surface area contributed by atoms with Crippen molar-refractivity contribution in [3.63, 3.8) is 0 Å². The molecular weight excluding hydrogens is 238 g/mol. The van der Waals surface area contributed by atoms with E-state index in [1.807, 2.05) is 61.5 Å². The van der Waals surface area contributed by atoms with E-state index in [1.165, 1.54) is 0 Å². The van der Waals surface area contributed by atoms with Crippen LogP contribution in [0, 0.1) is 6.92 Å². The highest BCUT2D eigenvalue weighted by Crippen LogP contribution is 2.18. The summed E-state index contributed by atoms with van der Waals surface area (Å²) in [6.45, 7) is 2.37. The minimum absolute atomic E-state index is 0.377. The summed E-state index contributed by atoms with van der Waals surface area (Å²) in [5, 5.41) is 12.5. The van der Waals surface area contributed by atoms with Crippen LogP contribution < -0.4 is 5.32 Å². The van der Waals surface area contributed by atoms with E-state index in [0.717, 1.165) is 16.8 Å². The van der Waals surface area contributed by atoms with E-state index >= 15 is 0 Å². The Morgan fingerprint density at radius 1 is 1.11 bits per heavy atom. The van der Waals surface area contributed by atoms with Crippen LogP contribution in [0.25, 0.3) is 0 Å². The van der Waals surface area contributed by atoms with Crippen molar-refractivity contribution in [2.45, 2.75) is 12.8 Å². The maximum Gasteiger partial charge on any atom is 0.312 e. The van der Waals surface area contributed by atoms with Gasteiger partial charge in [0, 0.05) is 12.2 Å². The third kappa shape index (κ3) is 3.58. The summed E-state index contributed by atoms with van der Waals surface area (Å²) in [4.78, 5) is 11.4. The van der Waals surface area contributed by atoms with Crippen LogP contribution in [0.1, 0.15) is 17.0 Å². The average Bonchev–Trinajstić information content (AvgIpc) is 2.42. The molecule has 19 heavy (non-hydrogen) atoms. The summed E-state index contributed by atoms with van der Waals surface area (Å²) in [5.74, 6) is -1.35. The van der Waals surface area contributed by atoms with E-state index in [-0.39, 0.29) is 0 Å². The minimum atomic E-state index is -0.813. The fraction of sp³-hybridized carbons (Fsp3) is 0.188. The van der Waals surface area contributed by atoms with Gasteiger partial charge < -0.3 is 10.4 Å². The van der Waals surface area contributed by atoms with E-state index in [0.29, 0.717) is 6.54 Å². The number of hydrogen-bond acceptors (Lipinski definition) is 2. The summed E-state index contributed by atoms with van der Waals surface area (Å²) < 4.78 is 0. The molecule has 1 unspecified atom stereocenters. The summed E-state index contributed by atoms with van der Waals surface area (Å²) in [7, 11) is 0. The molecule has 3 nitrogen and oxygen atoms in total. The summed E-state index contributed by atoms with van der Waals surface area (Å²) in [6.07, 6.45) is 0. The molecule has 0 amide bonds. The van der Waals surface area contributed by atoms with E-state index < -0.39 is 11.9 Å². The Labute approximate surface area is 112 Å². The van der Waals surface area contributed by atoms with Gasteiger partial charge in [0.05, 0.1) is 5.92 Å². The van der Waals surface area contributed by atoms with Crippen molar-refractivity contribution in [3.05, 3.63) is 65.7 Å². The Hall–Kier alpha value is -2.29. The molecule has 0 saturated carbocycles. The first-order valence-corrected chi connectivity index (χ1v) is 6.25. The number of hydrogen-bond donors (Lipinski definition) is 2. The van der Waals surface area contributed by atoms with Gasteiger partial charge in [0.25, 0.3) is 0 Å². The molecule has 0 radical (unpaired) electrons. The van der Waals surface area contributed by atoms with E-state index in [2.05, 4.69) is 5.32 Å². The Morgan fingerprint density at radius 3 is 2.32 bits per heavy atom. The molecule has 2 aromatic carbocycles. The van der Waals surface area contributed by atoms with Gasteiger partial charge in [-0.3, -0.25) is 4.79 Å². The van der Waals surface area contributed by atoms with E-state index in [9.17, 15) is 9.90 Å². The molecule has 0 aromatic heterocycles. The fourth-order valence-corrected chi connectivity index (χ4v) is 1.92. The van der Waals surface area contributed by atoms with Crippen LogP contribution in [0.2, 0.25) is 0 Å². The number of aliphatic carboxylic acids is 1. The van der Waals surface area contributed by atoms with Crippen LogP contribution in [0.4, 0.5) is 5.69 Å². The summed E-state index contributed by atoms with van der Waals surface area (Å²) >= 11 is 0. The van der Waals surface area contributed by atoms with Crippen LogP contribution in [0.5, 0.6) is 0 Å². The van der Waals surface area contributed by atoms with Crippen molar-refractivity contribution in [1.29, 1.82) is 0 Å². The summed E-state index contributed by atoms with van der Waals surface area (Å²) in [6, 6.07) is 17.2. The molecular formula is C16H17NO2. The van der Waals surface area contributed by atoms with E-state index in [1.54, 1.807) is 0 Å². The van der Waals surface area contributed by atoms with Crippen LogP contribution in [0.15, 0.2) is 54.6 Å². The lowest BCUT2D eigenvalue weighted by molar-refractivity contribution is -0.138. The number of para-hydroxylation sites is 1. The number of carbonyl (C=O) groups is 1. The summed E-state index contributed by atoms with van der Waals surface area (Å²) in [5.41, 5.74) is 2.88. The molecule has 1 atom stereocenters. The lowest BCUT2D eigenvalue weighted by Gasteiger charge is -2.15. The minimum Gasteiger partial charge on any atom is -0.481 e. The first-order chi connectivity index (χ1) is 9.16. The second-order valence-electron chi connectivity index (χ2n) is 4.55. The second-order valence-corrected chi connectivity index (χ2v) is 4.55. The molecule has 0 spiro atoms. The molecule has 0 heterocycles. The van der Waals surface area contributed by atoms with Gasteiger partial charge in [0.2, 0.25) is 0 Å². The largest absolute Gasteiger partial charge is 0.481 e. The highest BCUT2D eigenvalue weighted by molar-refractivity contribution is 5.77. The second kappa shape index (κ2) is 6.05. The Kier molecular flexibility index (Phi) is 4.18. The maximum atomic E-state index is 11.4. The predicted molar refractivity (Wildman–Crippen MR) is 76.5 cm³/mol. The zero-order valence-corrected chi connectivity index (χ0v) is 10.8. The van der Waals surface area contributed by atoms with Crippen LogP contribution in [0.3, 0.4) is 0 Å². The van der Waals surface area contributed by atoms with Gasteiger partial charge in [0.15, 0.2) is 0 Å². The van der Waals surface area contributed by atoms with Gasteiger partial charge in [-0.15, -0.1) is 0 Å². The Bertz CT molecular complexity index is 534. The molecule has 0 saturated heterocycles. The standard InChI is InChI=1S/C16H17NO2/c1-12-7-9-13(10-8-12)15(16(18)19)11-17-14-5-3-2-4-6-14/h2-10,15,17H,11H2,1H3,(H,18,19). The normalized spacial score (nSPS) is 11.8. The number of carboxylic acids is 1.